The van der Waals surface area contributed by atoms with E-state index in [2.05, 4.69) is 38.2 Å². The molecule has 2 rings (SSSR count). The highest BCUT2D eigenvalue weighted by molar-refractivity contribution is 7.99. The molecule has 1 N–H and O–H groups in total. The van der Waals surface area contributed by atoms with Crippen LogP contribution in [0.4, 0.5) is 0 Å². The summed E-state index contributed by atoms with van der Waals surface area (Å²) < 4.78 is 11.2. The van der Waals surface area contributed by atoms with Gasteiger partial charge in [0.1, 0.15) is 13.2 Å². The van der Waals surface area contributed by atoms with E-state index in [9.17, 15) is 0 Å². The van der Waals surface area contributed by atoms with Gasteiger partial charge in [0.05, 0.1) is 0 Å². The molecule has 0 saturated heterocycles. The molecule has 0 saturated carbocycles. The molecule has 20 heavy (non-hydrogen) atoms. The normalized spacial score (nSPS) is 16.8. The lowest BCUT2D eigenvalue weighted by Gasteiger charge is -2.24. The van der Waals surface area contributed by atoms with Gasteiger partial charge in [0.25, 0.3) is 0 Å². The molecule has 0 radical (unpaired) electrons. The van der Waals surface area contributed by atoms with Crippen LogP contribution in [0.5, 0.6) is 11.5 Å². The molecular formula is C16H25NO2S. The van der Waals surface area contributed by atoms with Crippen molar-refractivity contribution < 1.29 is 9.47 Å². The Morgan fingerprint density at radius 1 is 1.20 bits per heavy atom. The molecule has 0 spiro atoms. The highest BCUT2D eigenvalue weighted by Crippen LogP contribution is 2.34. The maximum absolute atomic E-state index is 5.63. The Labute approximate surface area is 126 Å². The van der Waals surface area contributed by atoms with Crippen molar-refractivity contribution in [3.63, 3.8) is 0 Å². The van der Waals surface area contributed by atoms with Gasteiger partial charge in [-0.2, -0.15) is 0 Å². The highest BCUT2D eigenvalue weighted by Gasteiger charge is 2.16. The molecule has 0 fully saturated rings. The Kier molecular flexibility index (Phi) is 6.05. The van der Waals surface area contributed by atoms with Crippen LogP contribution in [0.3, 0.4) is 0 Å². The van der Waals surface area contributed by atoms with Crippen LogP contribution in [0.15, 0.2) is 23.1 Å². The molecule has 1 aromatic carbocycles. The lowest BCUT2D eigenvalue weighted by molar-refractivity contribution is 0.171. The summed E-state index contributed by atoms with van der Waals surface area (Å²) in [4.78, 5) is 1.25. The van der Waals surface area contributed by atoms with E-state index in [0.717, 1.165) is 23.8 Å². The SMILES string of the molecule is CCNC(CSc1ccc2c(c1)OCCO2)C(C)CC. The minimum absolute atomic E-state index is 0.559. The molecule has 1 heterocycles. The Bertz CT molecular complexity index is 425. The fraction of sp³-hybridized carbons (Fsp3) is 0.625. The molecule has 0 aromatic heterocycles. The van der Waals surface area contributed by atoms with Gasteiger partial charge in [0.15, 0.2) is 11.5 Å². The van der Waals surface area contributed by atoms with E-state index in [-0.39, 0.29) is 0 Å². The Hall–Kier alpha value is -0.870. The third-order valence-corrected chi connectivity index (χ3v) is 4.85. The van der Waals surface area contributed by atoms with Crippen molar-refractivity contribution in [3.05, 3.63) is 18.2 Å². The first-order chi connectivity index (χ1) is 9.74. The number of thioether (sulfide) groups is 1. The minimum Gasteiger partial charge on any atom is -0.486 e. The molecule has 1 aliphatic heterocycles. The van der Waals surface area contributed by atoms with Crippen LogP contribution in [0, 0.1) is 5.92 Å². The summed E-state index contributed by atoms with van der Waals surface area (Å²) in [5.41, 5.74) is 0. The number of nitrogens with one attached hydrogen (secondary N) is 1. The van der Waals surface area contributed by atoms with Crippen LogP contribution in [0.2, 0.25) is 0 Å². The van der Waals surface area contributed by atoms with Crippen LogP contribution in [-0.2, 0) is 0 Å². The maximum atomic E-state index is 5.63. The Morgan fingerprint density at radius 2 is 1.95 bits per heavy atom. The van der Waals surface area contributed by atoms with E-state index in [1.807, 2.05) is 17.8 Å². The van der Waals surface area contributed by atoms with Crippen LogP contribution < -0.4 is 14.8 Å². The van der Waals surface area contributed by atoms with Crippen LogP contribution in [0.1, 0.15) is 27.2 Å². The quantitative estimate of drug-likeness (QED) is 0.779. The van der Waals surface area contributed by atoms with Crippen molar-refractivity contribution >= 4 is 11.8 Å². The van der Waals surface area contributed by atoms with Crippen molar-refractivity contribution in [3.8, 4) is 11.5 Å². The fourth-order valence-electron chi connectivity index (χ4n) is 2.27. The van der Waals surface area contributed by atoms with Gasteiger partial charge in [0.2, 0.25) is 0 Å². The number of ether oxygens (including phenoxy) is 2. The van der Waals surface area contributed by atoms with Crippen molar-refractivity contribution in [2.45, 2.75) is 38.1 Å². The summed E-state index contributed by atoms with van der Waals surface area (Å²) >= 11 is 1.89. The van der Waals surface area contributed by atoms with Crippen LogP contribution in [-0.4, -0.2) is 31.6 Å². The van der Waals surface area contributed by atoms with E-state index in [4.69, 9.17) is 9.47 Å². The average Bonchev–Trinajstić information content (AvgIpc) is 2.50. The second kappa shape index (κ2) is 7.79. The number of benzene rings is 1. The standard InChI is InChI=1S/C16H25NO2S/c1-4-12(3)14(17-5-2)11-20-13-6-7-15-16(10-13)19-9-8-18-15/h6-7,10,12,14,17H,4-5,8-9,11H2,1-3H3. The molecule has 1 aromatic rings. The van der Waals surface area contributed by atoms with Crippen molar-refractivity contribution in [2.24, 2.45) is 5.92 Å². The van der Waals surface area contributed by atoms with E-state index in [1.165, 1.54) is 11.3 Å². The number of fused-ring (bicyclic) bond motifs is 1. The first-order valence-electron chi connectivity index (χ1n) is 7.50. The molecule has 2 atom stereocenters. The van der Waals surface area contributed by atoms with Gasteiger partial charge in [-0.25, -0.2) is 0 Å². The molecule has 0 aliphatic carbocycles. The molecule has 4 heteroatoms. The number of rotatable bonds is 7. The zero-order valence-electron chi connectivity index (χ0n) is 12.6. The molecule has 0 bridgehead atoms. The van der Waals surface area contributed by atoms with Crippen molar-refractivity contribution in [1.29, 1.82) is 0 Å². The second-order valence-electron chi connectivity index (χ2n) is 5.17. The Balaban J connectivity index is 1.95. The van der Waals surface area contributed by atoms with Gasteiger partial charge in [-0.1, -0.05) is 27.2 Å². The zero-order valence-corrected chi connectivity index (χ0v) is 13.5. The molecular weight excluding hydrogens is 270 g/mol. The van der Waals surface area contributed by atoms with Crippen LogP contribution in [0.25, 0.3) is 0 Å². The monoisotopic (exact) mass is 295 g/mol. The topological polar surface area (TPSA) is 30.5 Å². The third kappa shape index (κ3) is 4.06. The van der Waals surface area contributed by atoms with Gasteiger partial charge in [-0.05, 0) is 30.7 Å². The van der Waals surface area contributed by atoms with E-state index in [0.29, 0.717) is 25.2 Å². The van der Waals surface area contributed by atoms with Gasteiger partial charge >= 0.3 is 0 Å². The lowest BCUT2D eigenvalue weighted by Crippen LogP contribution is -2.36. The summed E-state index contributed by atoms with van der Waals surface area (Å²) in [6, 6.07) is 6.79. The van der Waals surface area contributed by atoms with E-state index in [1.54, 1.807) is 0 Å². The number of hydrogen-bond acceptors (Lipinski definition) is 4. The molecule has 3 nitrogen and oxygen atoms in total. The molecule has 0 amide bonds. The molecule has 2 unspecified atom stereocenters. The minimum atomic E-state index is 0.559. The predicted molar refractivity (Wildman–Crippen MR) is 85.1 cm³/mol. The van der Waals surface area contributed by atoms with Gasteiger partial charge in [-0.15, -0.1) is 11.8 Å². The average molecular weight is 295 g/mol. The predicted octanol–water partition coefficient (Wildman–Crippen LogP) is 3.57. The number of hydrogen-bond donors (Lipinski definition) is 1. The Morgan fingerprint density at radius 3 is 2.65 bits per heavy atom. The third-order valence-electron chi connectivity index (χ3n) is 3.74. The van der Waals surface area contributed by atoms with Crippen LogP contribution >= 0.6 is 11.8 Å². The van der Waals surface area contributed by atoms with E-state index < -0.39 is 0 Å². The summed E-state index contributed by atoms with van der Waals surface area (Å²) in [5, 5.41) is 3.59. The molecule has 112 valence electrons. The van der Waals surface area contributed by atoms with Crippen molar-refractivity contribution in [1.82, 2.24) is 5.32 Å². The summed E-state index contributed by atoms with van der Waals surface area (Å²) in [7, 11) is 0. The molecule has 1 aliphatic rings. The zero-order chi connectivity index (χ0) is 14.4. The maximum Gasteiger partial charge on any atom is 0.162 e. The van der Waals surface area contributed by atoms with E-state index >= 15 is 0 Å². The summed E-state index contributed by atoms with van der Waals surface area (Å²) in [6.45, 7) is 9.06. The summed E-state index contributed by atoms with van der Waals surface area (Å²) in [5.74, 6) is 3.53. The van der Waals surface area contributed by atoms with Crippen molar-refractivity contribution in [2.75, 3.05) is 25.5 Å². The smallest absolute Gasteiger partial charge is 0.162 e. The van der Waals surface area contributed by atoms with Gasteiger partial charge in [-0.3, -0.25) is 0 Å². The van der Waals surface area contributed by atoms with Gasteiger partial charge in [0, 0.05) is 16.7 Å². The first kappa shape index (κ1) is 15.5. The van der Waals surface area contributed by atoms with Gasteiger partial charge < -0.3 is 14.8 Å². The first-order valence-corrected chi connectivity index (χ1v) is 8.49. The lowest BCUT2D eigenvalue weighted by atomic mass is 10.0. The summed E-state index contributed by atoms with van der Waals surface area (Å²) in [6.07, 6.45) is 1.21. The second-order valence-corrected chi connectivity index (χ2v) is 6.26. The fourth-order valence-corrected chi connectivity index (χ4v) is 3.44. The largest absolute Gasteiger partial charge is 0.486 e. The highest BCUT2D eigenvalue weighted by atomic mass is 32.2.